The lowest BCUT2D eigenvalue weighted by molar-refractivity contribution is 0.733. The van der Waals surface area contributed by atoms with Crippen LogP contribution in [-0.2, 0) is 0 Å². The third-order valence-corrected chi connectivity index (χ3v) is 10.8. The summed E-state index contributed by atoms with van der Waals surface area (Å²) in [6.45, 7) is 13.2. The lowest BCUT2D eigenvalue weighted by atomic mass is 9.97. The van der Waals surface area contributed by atoms with Crippen molar-refractivity contribution < 1.29 is 0 Å². The highest BCUT2D eigenvalue weighted by molar-refractivity contribution is 5.82. The summed E-state index contributed by atoms with van der Waals surface area (Å²) in [4.78, 5) is 4.68. The maximum Gasteiger partial charge on any atom is 0.0464 e. The standard InChI is InChI=1S/C52H50N2/c1-7-37(2)44-21-17-42(18-22-44)15-16-43-19-29-48(30-20-43)54(52-28-14-39(4)41(6)36-52)50-33-25-46(26-34-50)45-23-31-49(32-24-45)53(47-11-9-8-10-12-47)51-27-13-38(3)40(5)35-51/h8-37H,7H2,1-6H3. The molecule has 2 nitrogen and oxygen atoms in total. The Balaban J connectivity index is 1.15. The second-order valence-corrected chi connectivity index (χ2v) is 14.5. The van der Waals surface area contributed by atoms with Gasteiger partial charge in [-0.05, 0) is 163 Å². The minimum absolute atomic E-state index is 0.587. The van der Waals surface area contributed by atoms with Crippen molar-refractivity contribution >= 4 is 46.3 Å². The third-order valence-electron chi connectivity index (χ3n) is 10.8. The van der Waals surface area contributed by atoms with E-state index in [1.54, 1.807) is 0 Å². The molecule has 7 aromatic carbocycles. The maximum atomic E-state index is 2.35. The summed E-state index contributed by atoms with van der Waals surface area (Å²) in [6, 6.07) is 59.7. The molecule has 0 N–H and O–H groups in total. The number of hydrogen-bond donors (Lipinski definition) is 0. The first-order valence-corrected chi connectivity index (χ1v) is 19.2. The van der Waals surface area contributed by atoms with E-state index >= 15 is 0 Å². The van der Waals surface area contributed by atoms with Crippen molar-refractivity contribution in [2.24, 2.45) is 0 Å². The van der Waals surface area contributed by atoms with Crippen LogP contribution >= 0.6 is 0 Å². The summed E-state index contributed by atoms with van der Waals surface area (Å²) in [5.74, 6) is 0.587. The van der Waals surface area contributed by atoms with Gasteiger partial charge in [0.1, 0.15) is 0 Å². The van der Waals surface area contributed by atoms with Crippen LogP contribution in [0.15, 0.2) is 164 Å². The van der Waals surface area contributed by atoms with Crippen LogP contribution < -0.4 is 9.80 Å². The highest BCUT2D eigenvalue weighted by atomic mass is 15.1. The van der Waals surface area contributed by atoms with Crippen molar-refractivity contribution in [3.63, 3.8) is 0 Å². The van der Waals surface area contributed by atoms with Crippen molar-refractivity contribution in [2.45, 2.75) is 53.9 Å². The van der Waals surface area contributed by atoms with Crippen LogP contribution in [-0.4, -0.2) is 0 Å². The molecule has 0 aromatic heterocycles. The number of anilines is 6. The molecular weight excluding hydrogens is 653 g/mol. The molecule has 268 valence electrons. The molecule has 0 aliphatic carbocycles. The summed E-state index contributed by atoms with van der Waals surface area (Å²) in [6.07, 6.45) is 5.55. The van der Waals surface area contributed by atoms with Gasteiger partial charge in [0.05, 0.1) is 0 Å². The molecule has 0 saturated heterocycles. The van der Waals surface area contributed by atoms with Crippen LogP contribution in [0.2, 0.25) is 0 Å². The van der Waals surface area contributed by atoms with Crippen LogP contribution in [0.5, 0.6) is 0 Å². The monoisotopic (exact) mass is 702 g/mol. The average Bonchev–Trinajstić information content (AvgIpc) is 3.21. The molecule has 0 radical (unpaired) electrons. The summed E-state index contributed by atoms with van der Waals surface area (Å²) in [5, 5.41) is 0. The van der Waals surface area contributed by atoms with Gasteiger partial charge in [0, 0.05) is 34.1 Å². The number of rotatable bonds is 11. The van der Waals surface area contributed by atoms with E-state index in [9.17, 15) is 0 Å². The van der Waals surface area contributed by atoms with Crippen LogP contribution in [0, 0.1) is 27.7 Å². The van der Waals surface area contributed by atoms with Gasteiger partial charge < -0.3 is 9.80 Å². The molecule has 0 bridgehead atoms. The Bertz CT molecular complexity index is 2330. The first-order valence-electron chi connectivity index (χ1n) is 19.2. The molecule has 1 unspecified atom stereocenters. The zero-order valence-corrected chi connectivity index (χ0v) is 32.4. The van der Waals surface area contributed by atoms with Crippen molar-refractivity contribution in [3.8, 4) is 11.1 Å². The molecule has 54 heavy (non-hydrogen) atoms. The summed E-state index contributed by atoms with van der Waals surface area (Å²) in [5.41, 5.74) is 18.1. The fourth-order valence-corrected chi connectivity index (χ4v) is 6.91. The minimum atomic E-state index is 0.587. The van der Waals surface area contributed by atoms with Gasteiger partial charge in [-0.3, -0.25) is 0 Å². The Hall–Kier alpha value is -6.12. The zero-order chi connectivity index (χ0) is 37.6. The lowest BCUT2D eigenvalue weighted by Crippen LogP contribution is -2.10. The number of hydrogen-bond acceptors (Lipinski definition) is 2. The van der Waals surface area contributed by atoms with E-state index < -0.39 is 0 Å². The van der Waals surface area contributed by atoms with Crippen molar-refractivity contribution in [2.75, 3.05) is 9.80 Å². The number of benzene rings is 7. The Morgan fingerprint density at radius 3 is 1.19 bits per heavy atom. The van der Waals surface area contributed by atoms with E-state index in [0.717, 1.165) is 40.5 Å². The Morgan fingerprint density at radius 1 is 0.407 bits per heavy atom. The van der Waals surface area contributed by atoms with Gasteiger partial charge in [-0.25, -0.2) is 0 Å². The molecule has 0 aliphatic rings. The van der Waals surface area contributed by atoms with Crippen molar-refractivity contribution in [3.05, 3.63) is 203 Å². The first kappa shape index (κ1) is 36.2. The molecular formula is C52H50N2. The maximum absolute atomic E-state index is 2.35. The average molecular weight is 703 g/mol. The Labute approximate surface area is 322 Å². The number of nitrogens with zero attached hydrogens (tertiary/aromatic N) is 2. The molecule has 0 spiro atoms. The summed E-state index contributed by atoms with van der Waals surface area (Å²) >= 11 is 0. The van der Waals surface area contributed by atoms with Crippen molar-refractivity contribution in [1.29, 1.82) is 0 Å². The van der Waals surface area contributed by atoms with Crippen molar-refractivity contribution in [1.82, 2.24) is 0 Å². The molecule has 0 fully saturated rings. The highest BCUT2D eigenvalue weighted by Gasteiger charge is 2.16. The lowest BCUT2D eigenvalue weighted by Gasteiger charge is -2.27. The van der Waals surface area contributed by atoms with Gasteiger partial charge in [-0.2, -0.15) is 0 Å². The quantitative estimate of drug-likeness (QED) is 0.124. The molecule has 0 amide bonds. The SMILES string of the molecule is CCC(C)c1ccc(C=Cc2ccc(N(c3ccc(-c4ccc(N(c5ccccc5)c5ccc(C)c(C)c5)cc4)cc3)c3ccc(C)c(C)c3)cc2)cc1. The van der Waals surface area contributed by atoms with Crippen LogP contribution in [0.1, 0.15) is 65.1 Å². The first-order chi connectivity index (χ1) is 26.3. The molecule has 0 heterocycles. The largest absolute Gasteiger partial charge is 0.310 e. The van der Waals surface area contributed by atoms with Gasteiger partial charge in [0.15, 0.2) is 0 Å². The smallest absolute Gasteiger partial charge is 0.0464 e. The normalized spacial score (nSPS) is 11.8. The van der Waals surface area contributed by atoms with Gasteiger partial charge in [0.2, 0.25) is 0 Å². The zero-order valence-electron chi connectivity index (χ0n) is 32.4. The molecule has 2 heteroatoms. The number of para-hydroxylation sites is 1. The fraction of sp³-hybridized carbons (Fsp3) is 0.154. The molecule has 7 aromatic rings. The third kappa shape index (κ3) is 8.09. The minimum Gasteiger partial charge on any atom is -0.310 e. The van der Waals surface area contributed by atoms with E-state index in [4.69, 9.17) is 0 Å². The van der Waals surface area contributed by atoms with Gasteiger partial charge in [0.25, 0.3) is 0 Å². The molecule has 0 saturated carbocycles. The van der Waals surface area contributed by atoms with Gasteiger partial charge >= 0.3 is 0 Å². The van der Waals surface area contributed by atoms with E-state index in [1.165, 1.54) is 50.1 Å². The van der Waals surface area contributed by atoms with Gasteiger partial charge in [-0.1, -0.05) is 117 Å². The van der Waals surface area contributed by atoms with E-state index in [0.29, 0.717) is 5.92 Å². The fourth-order valence-electron chi connectivity index (χ4n) is 6.91. The van der Waals surface area contributed by atoms with Crippen LogP contribution in [0.4, 0.5) is 34.1 Å². The predicted octanol–water partition coefficient (Wildman–Crippen LogP) is 15.2. The topological polar surface area (TPSA) is 6.48 Å². The van der Waals surface area contributed by atoms with Crippen LogP contribution in [0.25, 0.3) is 23.3 Å². The summed E-state index contributed by atoms with van der Waals surface area (Å²) in [7, 11) is 0. The molecule has 7 rings (SSSR count). The predicted molar refractivity (Wildman–Crippen MR) is 234 cm³/mol. The number of aryl methyl sites for hydroxylation is 4. The van der Waals surface area contributed by atoms with Gasteiger partial charge in [-0.15, -0.1) is 0 Å². The second kappa shape index (κ2) is 16.3. The molecule has 1 atom stereocenters. The second-order valence-electron chi connectivity index (χ2n) is 14.5. The van der Waals surface area contributed by atoms with E-state index in [-0.39, 0.29) is 0 Å². The van der Waals surface area contributed by atoms with Crippen LogP contribution in [0.3, 0.4) is 0 Å². The highest BCUT2D eigenvalue weighted by Crippen LogP contribution is 2.39. The Kier molecular flexibility index (Phi) is 10.9. The summed E-state index contributed by atoms with van der Waals surface area (Å²) < 4.78 is 0. The van der Waals surface area contributed by atoms with E-state index in [2.05, 4.69) is 227 Å². The Morgan fingerprint density at radius 2 is 0.778 bits per heavy atom. The van der Waals surface area contributed by atoms with E-state index in [1.807, 2.05) is 0 Å². The molecule has 0 aliphatic heterocycles.